The van der Waals surface area contributed by atoms with Gasteiger partial charge in [-0.3, -0.25) is 0 Å². The molecule has 0 bridgehead atoms. The van der Waals surface area contributed by atoms with Crippen molar-refractivity contribution in [3.8, 4) is 0 Å². The molecular formula is C10H18N2O6. The zero-order valence-electron chi connectivity index (χ0n) is 10.5. The number of carbonyl (C=O) groups is 3. The third-order valence-electron chi connectivity index (χ3n) is 1.70. The van der Waals surface area contributed by atoms with E-state index in [0.29, 0.717) is 0 Å². The van der Waals surface area contributed by atoms with Crippen LogP contribution in [0.25, 0.3) is 0 Å². The number of hydrogen-bond donors (Lipinski definition) is 4. The fraction of sp³-hybridized carbons (Fsp3) is 0.700. The van der Waals surface area contributed by atoms with Crippen molar-refractivity contribution in [1.29, 1.82) is 0 Å². The highest BCUT2D eigenvalue weighted by atomic mass is 16.6. The first kappa shape index (κ1) is 16.0. The second-order valence-electron chi connectivity index (χ2n) is 4.56. The van der Waals surface area contributed by atoms with Crippen LogP contribution in [0.1, 0.15) is 27.2 Å². The minimum Gasteiger partial charge on any atom is -0.480 e. The fourth-order valence-electron chi connectivity index (χ4n) is 1.04. The van der Waals surface area contributed by atoms with Crippen LogP contribution in [0.3, 0.4) is 0 Å². The van der Waals surface area contributed by atoms with Crippen LogP contribution in [0.5, 0.6) is 0 Å². The minimum absolute atomic E-state index is 0.00778. The van der Waals surface area contributed by atoms with Crippen LogP contribution in [0.4, 0.5) is 9.59 Å². The van der Waals surface area contributed by atoms with Crippen LogP contribution in [-0.2, 0) is 9.53 Å². The Hall–Kier alpha value is -1.99. The second-order valence-corrected chi connectivity index (χ2v) is 4.56. The molecule has 4 N–H and O–H groups in total. The Bertz CT molecular complexity index is 323. The average molecular weight is 262 g/mol. The normalized spacial score (nSPS) is 12.4. The second kappa shape index (κ2) is 6.67. The Labute approximate surface area is 104 Å². The van der Waals surface area contributed by atoms with Crippen molar-refractivity contribution in [2.75, 3.05) is 6.54 Å². The van der Waals surface area contributed by atoms with Gasteiger partial charge in [-0.25, -0.2) is 14.4 Å². The average Bonchev–Trinajstić information content (AvgIpc) is 2.12. The summed E-state index contributed by atoms with van der Waals surface area (Å²) in [5.41, 5.74) is -0.643. The van der Waals surface area contributed by atoms with Gasteiger partial charge in [0.15, 0.2) is 0 Å². The van der Waals surface area contributed by atoms with Gasteiger partial charge in [0.25, 0.3) is 0 Å². The zero-order chi connectivity index (χ0) is 14.3. The van der Waals surface area contributed by atoms with E-state index in [2.05, 4.69) is 5.32 Å². The Morgan fingerprint density at radius 2 is 1.78 bits per heavy atom. The van der Waals surface area contributed by atoms with Gasteiger partial charge in [0.1, 0.15) is 11.6 Å². The lowest BCUT2D eigenvalue weighted by atomic mass is 10.2. The Balaban J connectivity index is 4.03. The Morgan fingerprint density at radius 1 is 1.22 bits per heavy atom. The molecule has 18 heavy (non-hydrogen) atoms. The molecule has 1 atom stereocenters. The first-order chi connectivity index (χ1) is 8.11. The van der Waals surface area contributed by atoms with Crippen molar-refractivity contribution >= 4 is 18.2 Å². The largest absolute Gasteiger partial charge is 0.480 e. The number of carboxylic acid groups (broad SMARTS) is 2. The molecule has 0 aliphatic carbocycles. The van der Waals surface area contributed by atoms with E-state index in [9.17, 15) is 14.4 Å². The predicted octanol–water partition coefficient (Wildman–Crippen LogP) is 0.622. The molecule has 8 heteroatoms. The van der Waals surface area contributed by atoms with Crippen LogP contribution < -0.4 is 10.6 Å². The van der Waals surface area contributed by atoms with Crippen molar-refractivity contribution in [3.05, 3.63) is 0 Å². The zero-order valence-corrected chi connectivity index (χ0v) is 10.5. The van der Waals surface area contributed by atoms with Crippen molar-refractivity contribution in [2.45, 2.75) is 38.8 Å². The first-order valence-electron chi connectivity index (χ1n) is 5.31. The van der Waals surface area contributed by atoms with Crippen LogP contribution in [0.2, 0.25) is 0 Å². The van der Waals surface area contributed by atoms with Crippen molar-refractivity contribution < 1.29 is 29.3 Å². The summed E-state index contributed by atoms with van der Waals surface area (Å²) in [4.78, 5) is 32.2. The standard InChI is InChI=1S/C10H18N2O6/c1-10(2,3)18-9(17)11-5-4-6(7(13)14)12-8(15)16/h6,12H,4-5H2,1-3H3,(H,11,17)(H,13,14)(H,15,16)/t6-/m0/s1. The summed E-state index contributed by atoms with van der Waals surface area (Å²) in [6.07, 6.45) is -2.18. The van der Waals surface area contributed by atoms with E-state index in [1.165, 1.54) is 0 Å². The Kier molecular flexibility index (Phi) is 5.94. The summed E-state index contributed by atoms with van der Waals surface area (Å²) >= 11 is 0. The Morgan fingerprint density at radius 3 is 2.17 bits per heavy atom. The molecule has 0 aromatic rings. The van der Waals surface area contributed by atoms with Gasteiger partial charge in [0, 0.05) is 6.54 Å². The highest BCUT2D eigenvalue weighted by molar-refractivity contribution is 5.79. The molecule has 8 nitrogen and oxygen atoms in total. The van der Waals surface area contributed by atoms with Gasteiger partial charge in [-0.2, -0.15) is 0 Å². The lowest BCUT2D eigenvalue weighted by molar-refractivity contribution is -0.139. The topological polar surface area (TPSA) is 125 Å². The molecule has 0 spiro atoms. The van der Waals surface area contributed by atoms with Gasteiger partial charge in [-0.05, 0) is 27.2 Å². The first-order valence-corrected chi connectivity index (χ1v) is 5.31. The van der Waals surface area contributed by atoms with E-state index in [1.807, 2.05) is 5.32 Å². The lowest BCUT2D eigenvalue weighted by Crippen LogP contribution is -2.43. The number of aliphatic carboxylic acids is 1. The molecule has 0 fully saturated rings. The van der Waals surface area contributed by atoms with E-state index in [0.717, 1.165) is 0 Å². The van der Waals surface area contributed by atoms with E-state index >= 15 is 0 Å². The van der Waals surface area contributed by atoms with Crippen molar-refractivity contribution in [2.24, 2.45) is 0 Å². The smallest absolute Gasteiger partial charge is 0.407 e. The number of nitrogens with one attached hydrogen (secondary N) is 2. The summed E-state index contributed by atoms with van der Waals surface area (Å²) in [7, 11) is 0. The summed E-state index contributed by atoms with van der Waals surface area (Å²) in [6.45, 7) is 5.07. The van der Waals surface area contributed by atoms with Gasteiger partial charge in [-0.15, -0.1) is 0 Å². The molecule has 0 aliphatic heterocycles. The maximum atomic E-state index is 11.2. The molecule has 0 aliphatic rings. The fourth-order valence-corrected chi connectivity index (χ4v) is 1.04. The summed E-state index contributed by atoms with van der Waals surface area (Å²) < 4.78 is 4.93. The number of alkyl carbamates (subject to hydrolysis) is 1. The van der Waals surface area contributed by atoms with Crippen LogP contribution in [-0.4, -0.2) is 46.6 Å². The molecule has 0 radical (unpaired) electrons. The number of carboxylic acids is 1. The van der Waals surface area contributed by atoms with E-state index < -0.39 is 29.8 Å². The van der Waals surface area contributed by atoms with Crippen LogP contribution in [0, 0.1) is 0 Å². The number of rotatable bonds is 5. The quantitative estimate of drug-likeness (QED) is 0.575. The minimum atomic E-state index is -1.43. The predicted molar refractivity (Wildman–Crippen MR) is 61.4 cm³/mol. The third kappa shape index (κ3) is 8.20. The number of hydrogen-bond acceptors (Lipinski definition) is 4. The molecule has 0 saturated carbocycles. The maximum absolute atomic E-state index is 11.2. The molecule has 0 saturated heterocycles. The molecule has 0 rings (SSSR count). The molecule has 0 unspecified atom stereocenters. The van der Waals surface area contributed by atoms with Gasteiger partial charge in [-0.1, -0.05) is 0 Å². The SMILES string of the molecule is CC(C)(C)OC(=O)NCC[C@H](NC(=O)O)C(=O)O. The molecule has 0 aromatic heterocycles. The van der Waals surface area contributed by atoms with Gasteiger partial charge in [0.05, 0.1) is 0 Å². The highest BCUT2D eigenvalue weighted by Gasteiger charge is 2.20. The highest BCUT2D eigenvalue weighted by Crippen LogP contribution is 2.06. The van der Waals surface area contributed by atoms with E-state index in [4.69, 9.17) is 14.9 Å². The van der Waals surface area contributed by atoms with Crippen molar-refractivity contribution in [3.63, 3.8) is 0 Å². The summed E-state index contributed by atoms with van der Waals surface area (Å²) in [6, 6.07) is -1.27. The summed E-state index contributed by atoms with van der Waals surface area (Å²) in [5.74, 6) is -1.30. The van der Waals surface area contributed by atoms with Gasteiger partial charge < -0.3 is 25.6 Å². The maximum Gasteiger partial charge on any atom is 0.407 e. The van der Waals surface area contributed by atoms with Crippen molar-refractivity contribution in [1.82, 2.24) is 10.6 Å². The molecule has 0 aromatic carbocycles. The molecule has 2 amide bonds. The van der Waals surface area contributed by atoms with E-state index in [1.54, 1.807) is 20.8 Å². The van der Waals surface area contributed by atoms with Gasteiger partial charge >= 0.3 is 18.2 Å². The number of ether oxygens (including phenoxy) is 1. The number of amides is 2. The van der Waals surface area contributed by atoms with Crippen LogP contribution in [0.15, 0.2) is 0 Å². The monoisotopic (exact) mass is 262 g/mol. The molecule has 104 valence electrons. The summed E-state index contributed by atoms with van der Waals surface area (Å²) in [5, 5.41) is 21.3. The van der Waals surface area contributed by atoms with Gasteiger partial charge in [0.2, 0.25) is 0 Å². The molecule has 0 heterocycles. The van der Waals surface area contributed by atoms with Crippen LogP contribution >= 0.6 is 0 Å². The third-order valence-corrected chi connectivity index (χ3v) is 1.70. The number of carbonyl (C=O) groups excluding carboxylic acids is 1. The van der Waals surface area contributed by atoms with E-state index in [-0.39, 0.29) is 13.0 Å². The molecular weight excluding hydrogens is 244 g/mol. The lowest BCUT2D eigenvalue weighted by Gasteiger charge is -2.20.